The molecule has 0 radical (unpaired) electrons. The first-order chi connectivity index (χ1) is 21.6. The molecule has 0 saturated carbocycles. The Morgan fingerprint density at radius 3 is 2.49 bits per heavy atom. The molecule has 230 valence electrons. The zero-order valence-corrected chi connectivity index (χ0v) is 25.0. The molecule has 0 unspecified atom stereocenters. The van der Waals surface area contributed by atoms with Gasteiger partial charge in [-0.25, -0.2) is 14.1 Å². The molecular weight excluding hydrogens is 604 g/mol. The summed E-state index contributed by atoms with van der Waals surface area (Å²) in [6.45, 7) is 3.87. The van der Waals surface area contributed by atoms with Gasteiger partial charge in [0.15, 0.2) is 16.5 Å². The van der Waals surface area contributed by atoms with Crippen molar-refractivity contribution >= 4 is 21.7 Å². The number of rotatable bonds is 12. The predicted molar refractivity (Wildman–Crippen MR) is 157 cm³/mol. The summed E-state index contributed by atoms with van der Waals surface area (Å²) in [5.74, 6) is -0.926. The summed E-state index contributed by atoms with van der Waals surface area (Å²) in [7, 11) is -3.31. The maximum Gasteiger partial charge on any atom is 0.374 e. The summed E-state index contributed by atoms with van der Waals surface area (Å²) in [6, 6.07) is 12.4. The van der Waals surface area contributed by atoms with Gasteiger partial charge in [0.2, 0.25) is 0 Å². The van der Waals surface area contributed by atoms with Gasteiger partial charge in [0.25, 0.3) is 17.5 Å². The van der Waals surface area contributed by atoms with E-state index >= 15 is 0 Å². The van der Waals surface area contributed by atoms with E-state index in [1.54, 1.807) is 30.3 Å². The van der Waals surface area contributed by atoms with Crippen LogP contribution in [0.2, 0.25) is 0 Å². The van der Waals surface area contributed by atoms with Crippen molar-refractivity contribution in [3.63, 3.8) is 0 Å². The quantitative estimate of drug-likeness (QED) is 0.172. The van der Waals surface area contributed by atoms with Crippen LogP contribution in [-0.4, -0.2) is 63.4 Å². The van der Waals surface area contributed by atoms with Crippen molar-refractivity contribution in [1.29, 1.82) is 0 Å². The van der Waals surface area contributed by atoms with Gasteiger partial charge < -0.3 is 25.5 Å². The molecule has 0 saturated heterocycles. The van der Waals surface area contributed by atoms with E-state index in [2.05, 4.69) is 35.5 Å². The lowest BCUT2D eigenvalue weighted by molar-refractivity contribution is -0.437. The van der Waals surface area contributed by atoms with E-state index in [4.69, 9.17) is 19.9 Å². The molecule has 1 aromatic carbocycles. The van der Waals surface area contributed by atoms with Crippen molar-refractivity contribution in [3.8, 4) is 34.5 Å². The van der Waals surface area contributed by atoms with Crippen LogP contribution in [-0.2, 0) is 10.0 Å². The van der Waals surface area contributed by atoms with Gasteiger partial charge in [0.05, 0.1) is 17.4 Å². The number of sulfonamides is 1. The smallest absolute Gasteiger partial charge is 0.374 e. The van der Waals surface area contributed by atoms with E-state index in [9.17, 15) is 19.5 Å². The first-order valence-electron chi connectivity index (χ1n) is 13.3. The molecule has 4 aromatic rings. The van der Waals surface area contributed by atoms with Crippen LogP contribution in [0.15, 0.2) is 81.5 Å². The van der Waals surface area contributed by atoms with Crippen LogP contribution in [0.5, 0.6) is 23.1 Å². The number of pyridine rings is 2. The van der Waals surface area contributed by atoms with E-state index < -0.39 is 20.9 Å². The van der Waals surface area contributed by atoms with Gasteiger partial charge in [0, 0.05) is 24.5 Å². The Bertz CT molecular complexity index is 1950. The number of ether oxygens (including phenoxy) is 3. The summed E-state index contributed by atoms with van der Waals surface area (Å²) in [5.41, 5.74) is 28.2. The highest BCUT2D eigenvalue weighted by Crippen LogP contribution is 2.43. The lowest BCUT2D eigenvalue weighted by atomic mass is 10.1. The highest BCUT2D eigenvalue weighted by Gasteiger charge is 2.34. The van der Waals surface area contributed by atoms with Gasteiger partial charge in [-0.3, -0.25) is 5.53 Å². The summed E-state index contributed by atoms with van der Waals surface area (Å²) in [5, 5.41) is 10.1. The first kappa shape index (κ1) is 30.8. The minimum atomic E-state index is -4.73. The molecule has 3 aromatic heterocycles. The lowest BCUT2D eigenvalue weighted by Crippen LogP contribution is -2.18. The van der Waals surface area contributed by atoms with Crippen molar-refractivity contribution in [2.45, 2.75) is 24.8 Å². The van der Waals surface area contributed by atoms with Crippen molar-refractivity contribution in [2.75, 3.05) is 20.3 Å². The van der Waals surface area contributed by atoms with E-state index in [-0.39, 0.29) is 69.2 Å². The molecule has 1 aliphatic rings. The van der Waals surface area contributed by atoms with E-state index in [1.807, 2.05) is 13.8 Å². The highest BCUT2D eigenvalue weighted by atomic mass is 32.2. The molecule has 2 N–H and O–H groups in total. The Labute approximate surface area is 257 Å². The molecule has 0 fully saturated rings. The predicted octanol–water partition coefficient (Wildman–Crippen LogP) is 4.33. The van der Waals surface area contributed by atoms with Crippen molar-refractivity contribution in [2.24, 2.45) is 21.3 Å². The molecular formula is C27H26N12O5S. The highest BCUT2D eigenvalue weighted by molar-refractivity contribution is 7.85. The summed E-state index contributed by atoms with van der Waals surface area (Å²) in [6.07, 6.45) is 2.78. The Morgan fingerprint density at radius 2 is 1.84 bits per heavy atom. The van der Waals surface area contributed by atoms with E-state index in [1.165, 1.54) is 37.7 Å². The monoisotopic (exact) mass is 630 g/mol. The molecule has 5 rings (SSSR count). The Kier molecular flexibility index (Phi) is 8.86. The van der Waals surface area contributed by atoms with Gasteiger partial charge in [-0.1, -0.05) is 37.3 Å². The third kappa shape index (κ3) is 6.36. The summed E-state index contributed by atoms with van der Waals surface area (Å²) in [4.78, 5) is 17.5. The molecule has 4 heterocycles. The fraction of sp³-hybridized carbons (Fsp3) is 0.222. The standard InChI is InChI=1S/C27H26N12O5S/c1-16(2)18-8-9-22(32-15-18)45(40,41)39(30)26-23(44-21-7-5-4-6-20(21)42-3)27(43-13-11-28)34-24(33-26)17-10-12-31-19(14-17)25-35-36-37-38(25)29/h4-10,12,14-16H,11,13,28H2,1-3H3. The first-order valence-corrected chi connectivity index (χ1v) is 14.8. The number of para-hydroxylation sites is 2. The van der Waals surface area contributed by atoms with Gasteiger partial charge in [-0.05, 0) is 46.8 Å². The normalized spacial score (nSPS) is 12.7. The Hall–Kier alpha value is -5.62. The molecule has 0 amide bonds. The lowest BCUT2D eigenvalue weighted by Gasteiger charge is -2.16. The Morgan fingerprint density at radius 1 is 1.07 bits per heavy atom. The van der Waals surface area contributed by atoms with Crippen LogP contribution in [0.25, 0.3) is 22.5 Å². The van der Waals surface area contributed by atoms with Gasteiger partial charge in [-0.2, -0.15) is 18.2 Å². The zero-order valence-electron chi connectivity index (χ0n) is 24.2. The fourth-order valence-electron chi connectivity index (χ4n) is 3.95. The summed E-state index contributed by atoms with van der Waals surface area (Å²) < 4.78 is 44.6. The fourth-order valence-corrected chi connectivity index (χ4v) is 4.90. The second-order valence-electron chi connectivity index (χ2n) is 9.55. The van der Waals surface area contributed by atoms with Gasteiger partial charge in [-0.15, -0.1) is 0 Å². The van der Waals surface area contributed by atoms with Crippen LogP contribution < -0.4 is 19.9 Å². The molecule has 1 aliphatic heterocycles. The van der Waals surface area contributed by atoms with E-state index in [0.29, 0.717) is 4.81 Å². The van der Waals surface area contributed by atoms with E-state index in [0.717, 1.165) is 5.56 Å². The zero-order chi connectivity index (χ0) is 32.1. The number of hydrogen-bond donors (Lipinski definition) is 1. The largest absolute Gasteiger partial charge is 0.594 e. The van der Waals surface area contributed by atoms with Gasteiger partial charge in [0.1, 0.15) is 12.3 Å². The summed E-state index contributed by atoms with van der Waals surface area (Å²) >= 11 is 0. The third-order valence-electron chi connectivity index (χ3n) is 6.25. The maximum absolute atomic E-state index is 13.7. The van der Waals surface area contributed by atoms with Crippen molar-refractivity contribution in [3.05, 3.63) is 83.2 Å². The number of methoxy groups -OCH3 is 1. The number of benzene rings is 1. The van der Waals surface area contributed by atoms with Crippen LogP contribution in [0.4, 0.5) is 5.82 Å². The topological polar surface area (TPSA) is 227 Å². The molecule has 0 bridgehead atoms. The average Bonchev–Trinajstić information content (AvgIpc) is 3.49. The minimum Gasteiger partial charge on any atom is -0.594 e. The number of hydrogen-bond acceptors (Lipinski definition) is 12. The number of nitrogens with zero attached hydrogens (tertiary/aromatic N) is 11. The number of nitrogens with two attached hydrogens (primary N) is 1. The van der Waals surface area contributed by atoms with Crippen LogP contribution >= 0.6 is 0 Å². The van der Waals surface area contributed by atoms with Crippen LogP contribution in [0.3, 0.4) is 0 Å². The number of amidine groups is 1. The molecule has 45 heavy (non-hydrogen) atoms. The SMILES string of the molecule is COc1ccccc1Oc1c(OCCN)nc(-c2ccnc(C3=NN=N[N+]3=[N-])c2)nc1[N+](=[N-])S(=O)(=O)c1ccc(C(C)C)cn1. The van der Waals surface area contributed by atoms with Crippen molar-refractivity contribution < 1.29 is 31.5 Å². The van der Waals surface area contributed by atoms with Crippen LogP contribution in [0, 0.1) is 0 Å². The Balaban J connectivity index is 1.70. The molecule has 0 spiro atoms. The molecule has 17 nitrogen and oxygen atoms in total. The average molecular weight is 631 g/mol. The minimum absolute atomic E-state index is 0.0601. The third-order valence-corrected chi connectivity index (χ3v) is 7.65. The molecule has 0 aliphatic carbocycles. The molecule has 0 atom stereocenters. The second-order valence-corrected chi connectivity index (χ2v) is 11.3. The second kappa shape index (κ2) is 12.9. The molecule has 18 heteroatoms. The maximum atomic E-state index is 13.7. The van der Waals surface area contributed by atoms with Crippen LogP contribution in [0.1, 0.15) is 31.0 Å². The van der Waals surface area contributed by atoms with Crippen molar-refractivity contribution in [1.82, 2.24) is 19.9 Å². The number of aromatic nitrogens is 4. The van der Waals surface area contributed by atoms with Gasteiger partial charge >= 0.3 is 21.7 Å².